The number of hydrogen-bond acceptors (Lipinski definition) is 3. The van der Waals surface area contributed by atoms with Crippen molar-refractivity contribution in [3.05, 3.63) is 194 Å². The van der Waals surface area contributed by atoms with Crippen molar-refractivity contribution in [1.29, 1.82) is 0 Å². The first-order valence-corrected chi connectivity index (χ1v) is 18.6. The minimum atomic E-state index is 0.709. The largest absolute Gasteiger partial charge is 0.456 e. The van der Waals surface area contributed by atoms with Gasteiger partial charge < -0.3 is 4.42 Å². The third kappa shape index (κ3) is 5.28. The third-order valence-corrected chi connectivity index (χ3v) is 10.9. The van der Waals surface area contributed by atoms with Gasteiger partial charge in [-0.25, -0.2) is 9.97 Å². The second-order valence-corrected chi connectivity index (χ2v) is 14.1. The van der Waals surface area contributed by atoms with Crippen LogP contribution >= 0.6 is 0 Å². The maximum atomic E-state index is 6.29. The van der Waals surface area contributed by atoms with Gasteiger partial charge in [0.2, 0.25) is 0 Å². The van der Waals surface area contributed by atoms with Gasteiger partial charge in [-0.05, 0) is 91.0 Å². The number of rotatable bonds is 5. The van der Waals surface area contributed by atoms with E-state index >= 15 is 0 Å². The highest BCUT2D eigenvalue weighted by molar-refractivity contribution is 6.29. The van der Waals surface area contributed by atoms with Gasteiger partial charge in [0, 0.05) is 27.5 Å². The van der Waals surface area contributed by atoms with Crippen LogP contribution in [0, 0.1) is 0 Å². The number of para-hydroxylation sites is 1. The fourth-order valence-corrected chi connectivity index (χ4v) is 8.24. The molecule has 0 radical (unpaired) electrons. The van der Waals surface area contributed by atoms with E-state index in [-0.39, 0.29) is 0 Å². The van der Waals surface area contributed by atoms with Gasteiger partial charge in [0.25, 0.3) is 0 Å². The molecule has 0 saturated heterocycles. The summed E-state index contributed by atoms with van der Waals surface area (Å²) in [6, 6.07) is 68.7. The Hall–Kier alpha value is -7.36. The molecule has 3 heteroatoms. The SMILES string of the molecule is c1ccc(-c2cc(-c3cccc(-c4cccc5c6ccccc6c6cc(-c7ccc8c(c7)oc7ccccc78)ccc6c45)c3)nc(-c3ccccc3)n2)cc1. The first-order chi connectivity index (χ1) is 27.2. The Morgan fingerprint density at radius 2 is 0.836 bits per heavy atom. The molecule has 2 heterocycles. The molecular formula is C52H32N2O. The van der Waals surface area contributed by atoms with Crippen molar-refractivity contribution in [3.63, 3.8) is 0 Å². The van der Waals surface area contributed by atoms with Gasteiger partial charge in [-0.1, -0.05) is 158 Å². The summed E-state index contributed by atoms with van der Waals surface area (Å²) in [5, 5.41) is 9.69. The summed E-state index contributed by atoms with van der Waals surface area (Å²) < 4.78 is 6.29. The molecule has 0 aliphatic carbocycles. The summed E-state index contributed by atoms with van der Waals surface area (Å²) >= 11 is 0. The second kappa shape index (κ2) is 12.6. The van der Waals surface area contributed by atoms with E-state index in [0.717, 1.165) is 66.7 Å². The molecule has 55 heavy (non-hydrogen) atoms. The van der Waals surface area contributed by atoms with E-state index < -0.39 is 0 Å². The molecule has 2 aromatic heterocycles. The van der Waals surface area contributed by atoms with Crippen molar-refractivity contribution in [1.82, 2.24) is 9.97 Å². The molecule has 0 spiro atoms. The molecule has 0 saturated carbocycles. The Labute approximate surface area is 317 Å². The van der Waals surface area contributed by atoms with Crippen molar-refractivity contribution >= 4 is 54.3 Å². The first-order valence-electron chi connectivity index (χ1n) is 18.6. The molecule has 9 aromatic carbocycles. The lowest BCUT2D eigenvalue weighted by Gasteiger charge is -2.16. The van der Waals surface area contributed by atoms with E-state index in [1.54, 1.807) is 0 Å². The van der Waals surface area contributed by atoms with E-state index in [4.69, 9.17) is 14.4 Å². The number of hydrogen-bond donors (Lipinski definition) is 0. The van der Waals surface area contributed by atoms with Gasteiger partial charge in [-0.3, -0.25) is 0 Å². The Kier molecular flexibility index (Phi) is 7.17. The maximum Gasteiger partial charge on any atom is 0.160 e. The van der Waals surface area contributed by atoms with E-state index in [1.165, 1.54) is 37.9 Å². The average Bonchev–Trinajstić information content (AvgIpc) is 3.64. The van der Waals surface area contributed by atoms with Crippen LogP contribution in [0.4, 0.5) is 0 Å². The van der Waals surface area contributed by atoms with Gasteiger partial charge in [0.15, 0.2) is 5.82 Å². The van der Waals surface area contributed by atoms with Crippen LogP contribution in [0.5, 0.6) is 0 Å². The first kappa shape index (κ1) is 31.2. The Morgan fingerprint density at radius 3 is 1.64 bits per heavy atom. The van der Waals surface area contributed by atoms with Crippen LogP contribution < -0.4 is 0 Å². The minimum absolute atomic E-state index is 0.709. The molecule has 3 nitrogen and oxygen atoms in total. The van der Waals surface area contributed by atoms with E-state index in [2.05, 4.69) is 158 Å². The summed E-state index contributed by atoms with van der Waals surface area (Å²) in [4.78, 5) is 10.2. The van der Waals surface area contributed by atoms with Crippen LogP contribution in [-0.2, 0) is 0 Å². The summed E-state index contributed by atoms with van der Waals surface area (Å²) in [5.74, 6) is 0.709. The zero-order chi connectivity index (χ0) is 36.3. The van der Waals surface area contributed by atoms with Crippen molar-refractivity contribution in [2.45, 2.75) is 0 Å². The van der Waals surface area contributed by atoms with Crippen LogP contribution in [0.1, 0.15) is 0 Å². The number of furan rings is 1. The molecule has 0 aliphatic rings. The van der Waals surface area contributed by atoms with Gasteiger partial charge in [-0.15, -0.1) is 0 Å². The fraction of sp³-hybridized carbons (Fsp3) is 0. The van der Waals surface area contributed by atoms with Crippen LogP contribution in [0.15, 0.2) is 199 Å². The van der Waals surface area contributed by atoms with Gasteiger partial charge in [0.1, 0.15) is 11.2 Å². The summed E-state index contributed by atoms with van der Waals surface area (Å²) in [6.45, 7) is 0. The van der Waals surface area contributed by atoms with Crippen LogP contribution in [-0.4, -0.2) is 9.97 Å². The van der Waals surface area contributed by atoms with Gasteiger partial charge >= 0.3 is 0 Å². The van der Waals surface area contributed by atoms with E-state index in [9.17, 15) is 0 Å². The molecule has 0 aliphatic heterocycles. The monoisotopic (exact) mass is 700 g/mol. The third-order valence-electron chi connectivity index (χ3n) is 10.9. The Morgan fingerprint density at radius 1 is 0.291 bits per heavy atom. The standard InChI is InChI=1S/C52H32N2O/c1-3-13-33(14-4-1)47-32-48(54-52(53-47)34-15-5-2-6-16-34)38-18-11-17-37(29-38)39-22-12-23-44-40-19-7-8-20-41(40)46-30-35(26-28-45(46)51(39)44)36-25-27-43-42-21-9-10-24-49(42)55-50(43)31-36/h1-32H. The lowest BCUT2D eigenvalue weighted by atomic mass is 9.88. The molecule has 0 amide bonds. The van der Waals surface area contributed by atoms with Crippen molar-refractivity contribution in [2.75, 3.05) is 0 Å². The van der Waals surface area contributed by atoms with Crippen molar-refractivity contribution in [3.8, 4) is 56.2 Å². The predicted octanol–water partition coefficient (Wildman–Crippen LogP) is 14.2. The molecule has 11 aromatic rings. The maximum absolute atomic E-state index is 6.29. The van der Waals surface area contributed by atoms with E-state index in [0.29, 0.717) is 5.82 Å². The number of aromatic nitrogens is 2. The molecule has 0 N–H and O–H groups in total. The van der Waals surface area contributed by atoms with Gasteiger partial charge in [-0.2, -0.15) is 0 Å². The van der Waals surface area contributed by atoms with Crippen LogP contribution in [0.2, 0.25) is 0 Å². The van der Waals surface area contributed by atoms with Crippen molar-refractivity contribution in [2.24, 2.45) is 0 Å². The highest BCUT2D eigenvalue weighted by atomic mass is 16.3. The Balaban J connectivity index is 1.09. The zero-order valence-corrected chi connectivity index (χ0v) is 29.8. The lowest BCUT2D eigenvalue weighted by molar-refractivity contribution is 0.669. The topological polar surface area (TPSA) is 38.9 Å². The minimum Gasteiger partial charge on any atom is -0.456 e. The number of benzene rings is 9. The summed E-state index contributed by atoms with van der Waals surface area (Å²) in [5.41, 5.74) is 11.3. The lowest BCUT2D eigenvalue weighted by Crippen LogP contribution is -1.96. The molecule has 0 atom stereocenters. The summed E-state index contributed by atoms with van der Waals surface area (Å²) in [6.07, 6.45) is 0. The number of fused-ring (bicyclic) bond motifs is 9. The highest BCUT2D eigenvalue weighted by Gasteiger charge is 2.16. The van der Waals surface area contributed by atoms with Crippen LogP contribution in [0.3, 0.4) is 0 Å². The quantitative estimate of drug-likeness (QED) is 0.168. The smallest absolute Gasteiger partial charge is 0.160 e. The van der Waals surface area contributed by atoms with Crippen molar-refractivity contribution < 1.29 is 4.42 Å². The zero-order valence-electron chi connectivity index (χ0n) is 29.8. The molecule has 0 bridgehead atoms. The molecular weight excluding hydrogens is 669 g/mol. The fourth-order valence-electron chi connectivity index (χ4n) is 8.24. The molecule has 11 rings (SSSR count). The van der Waals surface area contributed by atoms with Gasteiger partial charge in [0.05, 0.1) is 11.4 Å². The predicted molar refractivity (Wildman–Crippen MR) is 229 cm³/mol. The summed E-state index contributed by atoms with van der Waals surface area (Å²) in [7, 11) is 0. The average molecular weight is 701 g/mol. The Bertz CT molecular complexity index is 3200. The molecule has 0 unspecified atom stereocenters. The van der Waals surface area contributed by atoms with E-state index in [1.807, 2.05) is 36.4 Å². The highest BCUT2D eigenvalue weighted by Crippen LogP contribution is 2.43. The second-order valence-electron chi connectivity index (χ2n) is 14.1. The number of nitrogens with zero attached hydrogens (tertiary/aromatic N) is 2. The van der Waals surface area contributed by atoms with Crippen LogP contribution in [0.25, 0.3) is 110 Å². The molecule has 0 fully saturated rings. The molecule has 256 valence electrons. The normalized spacial score (nSPS) is 11.6.